The Hall–Kier alpha value is -1.06. The van der Waals surface area contributed by atoms with E-state index >= 15 is 0 Å². The summed E-state index contributed by atoms with van der Waals surface area (Å²) in [7, 11) is 1.72. The van der Waals surface area contributed by atoms with Crippen molar-refractivity contribution in [2.45, 2.75) is 30.7 Å². The number of hydrogen-bond donors (Lipinski definition) is 1. The molecule has 3 rings (SSSR count). The van der Waals surface area contributed by atoms with Crippen molar-refractivity contribution >= 4 is 0 Å². The third kappa shape index (κ3) is 2.25. The maximum Gasteiger partial charge on any atom is 0.118 e. The summed E-state index contributed by atoms with van der Waals surface area (Å²) >= 11 is 0. The third-order valence-corrected chi connectivity index (χ3v) is 4.39. The Morgan fingerprint density at radius 3 is 2.56 bits per heavy atom. The molecule has 0 radical (unpaired) electrons. The lowest BCUT2D eigenvalue weighted by molar-refractivity contribution is 0.301. The second kappa shape index (κ2) is 4.56. The molecule has 1 saturated carbocycles. The highest BCUT2D eigenvalue weighted by Gasteiger charge is 2.45. The van der Waals surface area contributed by atoms with Crippen LogP contribution in [0.5, 0.6) is 5.75 Å². The molecule has 18 heavy (non-hydrogen) atoms. The molecule has 2 aliphatic rings. The fourth-order valence-corrected chi connectivity index (χ4v) is 3.07. The van der Waals surface area contributed by atoms with Crippen LogP contribution < -0.4 is 10.5 Å². The van der Waals surface area contributed by atoms with Gasteiger partial charge < -0.3 is 15.4 Å². The SMILES string of the molecule is COc1ccc(C2(CN3CC[C@@H](N)C3)CC2)cc1. The number of benzene rings is 1. The first-order chi connectivity index (χ1) is 8.72. The van der Waals surface area contributed by atoms with Crippen LogP contribution in [0.2, 0.25) is 0 Å². The number of nitrogens with zero attached hydrogens (tertiary/aromatic N) is 1. The summed E-state index contributed by atoms with van der Waals surface area (Å²) in [4.78, 5) is 2.53. The van der Waals surface area contributed by atoms with Crippen LogP contribution in [0.4, 0.5) is 0 Å². The summed E-state index contributed by atoms with van der Waals surface area (Å²) in [6.45, 7) is 3.41. The van der Waals surface area contributed by atoms with Crippen molar-refractivity contribution in [2.24, 2.45) is 5.73 Å². The lowest BCUT2D eigenvalue weighted by Crippen LogP contribution is -2.33. The lowest BCUT2D eigenvalue weighted by Gasteiger charge is -2.23. The van der Waals surface area contributed by atoms with Crippen molar-refractivity contribution in [2.75, 3.05) is 26.7 Å². The molecule has 3 nitrogen and oxygen atoms in total. The van der Waals surface area contributed by atoms with Gasteiger partial charge in [0.15, 0.2) is 0 Å². The minimum Gasteiger partial charge on any atom is -0.497 e. The van der Waals surface area contributed by atoms with Gasteiger partial charge in [-0.05, 0) is 43.5 Å². The quantitative estimate of drug-likeness (QED) is 0.880. The van der Waals surface area contributed by atoms with Crippen LogP contribution in [0.1, 0.15) is 24.8 Å². The van der Waals surface area contributed by atoms with Gasteiger partial charge in [-0.1, -0.05) is 12.1 Å². The first-order valence-corrected chi connectivity index (χ1v) is 6.84. The second-order valence-corrected chi connectivity index (χ2v) is 5.79. The van der Waals surface area contributed by atoms with Crippen LogP contribution in [0.15, 0.2) is 24.3 Å². The van der Waals surface area contributed by atoms with Crippen molar-refractivity contribution in [3.63, 3.8) is 0 Å². The van der Waals surface area contributed by atoms with Gasteiger partial charge in [0.05, 0.1) is 7.11 Å². The normalized spacial score (nSPS) is 26.2. The zero-order valence-corrected chi connectivity index (χ0v) is 11.1. The Kier molecular flexibility index (Phi) is 3.04. The number of ether oxygens (including phenoxy) is 1. The average molecular weight is 246 g/mol. The van der Waals surface area contributed by atoms with Gasteiger partial charge in [0.2, 0.25) is 0 Å². The molecule has 1 aromatic carbocycles. The van der Waals surface area contributed by atoms with Gasteiger partial charge in [-0.2, -0.15) is 0 Å². The topological polar surface area (TPSA) is 38.5 Å². The van der Waals surface area contributed by atoms with Crippen LogP contribution >= 0.6 is 0 Å². The van der Waals surface area contributed by atoms with Crippen molar-refractivity contribution in [3.8, 4) is 5.75 Å². The van der Waals surface area contributed by atoms with E-state index in [2.05, 4.69) is 29.2 Å². The van der Waals surface area contributed by atoms with Crippen LogP contribution in [-0.4, -0.2) is 37.7 Å². The Morgan fingerprint density at radius 1 is 1.33 bits per heavy atom. The summed E-state index contributed by atoms with van der Waals surface area (Å²) in [6.07, 6.45) is 3.77. The van der Waals surface area contributed by atoms with Gasteiger partial charge in [0, 0.05) is 24.5 Å². The molecule has 1 aliphatic heterocycles. The number of nitrogens with two attached hydrogens (primary N) is 1. The molecule has 1 aliphatic carbocycles. The van der Waals surface area contributed by atoms with E-state index in [4.69, 9.17) is 10.5 Å². The lowest BCUT2D eigenvalue weighted by atomic mass is 9.95. The highest BCUT2D eigenvalue weighted by molar-refractivity contribution is 5.36. The molecule has 2 fully saturated rings. The second-order valence-electron chi connectivity index (χ2n) is 5.79. The molecule has 0 aromatic heterocycles. The molecule has 0 amide bonds. The average Bonchev–Trinajstić information content (AvgIpc) is 3.06. The number of rotatable bonds is 4. The summed E-state index contributed by atoms with van der Waals surface area (Å²) in [5.41, 5.74) is 7.84. The Balaban J connectivity index is 1.70. The summed E-state index contributed by atoms with van der Waals surface area (Å²) < 4.78 is 5.22. The Bertz CT molecular complexity index is 411. The van der Waals surface area contributed by atoms with Crippen LogP contribution in [0.3, 0.4) is 0 Å². The maximum absolute atomic E-state index is 5.98. The largest absolute Gasteiger partial charge is 0.497 e. The maximum atomic E-state index is 5.98. The molecule has 0 spiro atoms. The monoisotopic (exact) mass is 246 g/mol. The molecule has 0 bridgehead atoms. The zero-order chi connectivity index (χ0) is 12.6. The van der Waals surface area contributed by atoms with Crippen molar-refractivity contribution in [3.05, 3.63) is 29.8 Å². The number of likely N-dealkylation sites (tertiary alicyclic amines) is 1. The Labute approximate surface area is 109 Å². The molecule has 1 heterocycles. The standard InChI is InChI=1S/C15H22N2O/c1-18-14-4-2-12(3-5-14)15(7-8-15)11-17-9-6-13(16)10-17/h2-5,13H,6-11,16H2,1H3/t13-/m1/s1. The number of hydrogen-bond acceptors (Lipinski definition) is 3. The molecular weight excluding hydrogens is 224 g/mol. The van der Waals surface area contributed by atoms with E-state index < -0.39 is 0 Å². The van der Waals surface area contributed by atoms with E-state index in [-0.39, 0.29) is 0 Å². The molecule has 98 valence electrons. The van der Waals surface area contributed by atoms with Crippen molar-refractivity contribution in [1.29, 1.82) is 0 Å². The fourth-order valence-electron chi connectivity index (χ4n) is 3.07. The van der Waals surface area contributed by atoms with Crippen molar-refractivity contribution in [1.82, 2.24) is 4.90 Å². The van der Waals surface area contributed by atoms with E-state index in [0.717, 1.165) is 18.7 Å². The molecule has 1 aromatic rings. The van der Waals surface area contributed by atoms with Gasteiger partial charge in [-0.25, -0.2) is 0 Å². The molecule has 3 heteroatoms. The molecule has 1 atom stereocenters. The first kappa shape index (κ1) is 12.0. The highest BCUT2D eigenvalue weighted by atomic mass is 16.5. The smallest absolute Gasteiger partial charge is 0.118 e. The number of methoxy groups -OCH3 is 1. The third-order valence-electron chi connectivity index (χ3n) is 4.39. The molecule has 0 unspecified atom stereocenters. The van der Waals surface area contributed by atoms with E-state index in [1.165, 1.54) is 31.5 Å². The van der Waals surface area contributed by atoms with Gasteiger partial charge >= 0.3 is 0 Å². The minimum atomic E-state index is 0.386. The fraction of sp³-hybridized carbons (Fsp3) is 0.600. The van der Waals surface area contributed by atoms with E-state index in [1.807, 2.05) is 0 Å². The van der Waals surface area contributed by atoms with Gasteiger partial charge in [-0.3, -0.25) is 0 Å². The molecule has 2 N–H and O–H groups in total. The van der Waals surface area contributed by atoms with Crippen LogP contribution in [0.25, 0.3) is 0 Å². The van der Waals surface area contributed by atoms with E-state index in [0.29, 0.717) is 11.5 Å². The highest BCUT2D eigenvalue weighted by Crippen LogP contribution is 2.49. The van der Waals surface area contributed by atoms with Crippen molar-refractivity contribution < 1.29 is 4.74 Å². The molecular formula is C15H22N2O. The van der Waals surface area contributed by atoms with E-state index in [1.54, 1.807) is 7.11 Å². The summed E-state index contributed by atoms with van der Waals surface area (Å²) in [5.74, 6) is 0.942. The van der Waals surface area contributed by atoms with Gasteiger partial charge in [-0.15, -0.1) is 0 Å². The Morgan fingerprint density at radius 2 is 2.06 bits per heavy atom. The predicted octanol–water partition coefficient (Wildman–Crippen LogP) is 1.76. The van der Waals surface area contributed by atoms with Crippen LogP contribution in [0, 0.1) is 0 Å². The summed E-state index contributed by atoms with van der Waals surface area (Å²) in [6, 6.07) is 8.98. The van der Waals surface area contributed by atoms with Crippen LogP contribution in [-0.2, 0) is 5.41 Å². The first-order valence-electron chi connectivity index (χ1n) is 6.84. The minimum absolute atomic E-state index is 0.386. The van der Waals surface area contributed by atoms with Gasteiger partial charge in [0.1, 0.15) is 5.75 Å². The van der Waals surface area contributed by atoms with E-state index in [9.17, 15) is 0 Å². The molecule has 1 saturated heterocycles. The zero-order valence-electron chi connectivity index (χ0n) is 11.1. The van der Waals surface area contributed by atoms with Gasteiger partial charge in [0.25, 0.3) is 0 Å². The summed E-state index contributed by atoms with van der Waals surface area (Å²) in [5, 5.41) is 0. The predicted molar refractivity (Wildman–Crippen MR) is 72.9 cm³/mol.